The standard InChI is InChI=1S/C13H18N4O4S/c1-22(19,20)16-6-13-7-17(4-10(13)5-21-8-13)12(18)11-2-3-14-9-15-11/h2-3,9-10,16H,4-8H2,1H3/t10-,13+/m1/s1. The van der Waals surface area contributed by atoms with E-state index in [-0.39, 0.29) is 23.8 Å². The van der Waals surface area contributed by atoms with Crippen molar-refractivity contribution in [2.75, 3.05) is 39.1 Å². The molecule has 0 unspecified atom stereocenters. The number of carbonyl (C=O) groups is 1. The van der Waals surface area contributed by atoms with E-state index < -0.39 is 10.0 Å². The monoisotopic (exact) mass is 326 g/mol. The third-order valence-corrected chi connectivity index (χ3v) is 4.96. The molecule has 120 valence electrons. The topological polar surface area (TPSA) is 101 Å². The number of ether oxygens (including phenoxy) is 1. The van der Waals surface area contributed by atoms with E-state index in [1.165, 1.54) is 12.5 Å². The van der Waals surface area contributed by atoms with Crippen LogP contribution in [0.5, 0.6) is 0 Å². The van der Waals surface area contributed by atoms with Gasteiger partial charge in [-0.25, -0.2) is 23.1 Å². The van der Waals surface area contributed by atoms with Crippen LogP contribution in [0, 0.1) is 11.3 Å². The first-order valence-electron chi connectivity index (χ1n) is 6.97. The van der Waals surface area contributed by atoms with Crippen LogP contribution in [-0.4, -0.2) is 68.3 Å². The Labute approximate surface area is 128 Å². The van der Waals surface area contributed by atoms with Gasteiger partial charge >= 0.3 is 0 Å². The zero-order valence-electron chi connectivity index (χ0n) is 12.2. The van der Waals surface area contributed by atoms with Gasteiger partial charge in [0.1, 0.15) is 12.0 Å². The minimum absolute atomic E-state index is 0.132. The maximum atomic E-state index is 12.5. The lowest BCUT2D eigenvalue weighted by Crippen LogP contribution is -2.43. The molecular formula is C13H18N4O4S. The molecule has 2 aliphatic rings. The number of hydrogen-bond donors (Lipinski definition) is 1. The van der Waals surface area contributed by atoms with Gasteiger partial charge in [0.15, 0.2) is 0 Å². The highest BCUT2D eigenvalue weighted by molar-refractivity contribution is 7.88. The molecule has 0 radical (unpaired) electrons. The summed E-state index contributed by atoms with van der Waals surface area (Å²) in [5.41, 5.74) is -0.00621. The molecule has 0 saturated carbocycles. The lowest BCUT2D eigenvalue weighted by atomic mass is 9.81. The van der Waals surface area contributed by atoms with Crippen molar-refractivity contribution in [3.63, 3.8) is 0 Å². The van der Waals surface area contributed by atoms with Crippen molar-refractivity contribution in [3.05, 3.63) is 24.3 Å². The van der Waals surface area contributed by atoms with Crippen molar-refractivity contribution in [3.8, 4) is 0 Å². The highest BCUT2D eigenvalue weighted by Gasteiger charge is 2.52. The Balaban J connectivity index is 1.75. The van der Waals surface area contributed by atoms with Crippen LogP contribution in [0.25, 0.3) is 0 Å². The summed E-state index contributed by atoms with van der Waals surface area (Å²) in [5, 5.41) is 0. The lowest BCUT2D eigenvalue weighted by Gasteiger charge is -2.26. The summed E-state index contributed by atoms with van der Waals surface area (Å²) in [6.07, 6.45) is 4.00. The first-order valence-corrected chi connectivity index (χ1v) is 8.86. The molecule has 0 spiro atoms. The Morgan fingerprint density at radius 3 is 3.09 bits per heavy atom. The summed E-state index contributed by atoms with van der Waals surface area (Å²) in [7, 11) is -3.27. The number of likely N-dealkylation sites (tertiary alicyclic amines) is 1. The minimum Gasteiger partial charge on any atom is -0.380 e. The minimum atomic E-state index is -3.27. The average molecular weight is 326 g/mol. The van der Waals surface area contributed by atoms with E-state index in [4.69, 9.17) is 4.74 Å². The Morgan fingerprint density at radius 1 is 1.59 bits per heavy atom. The molecule has 8 nitrogen and oxygen atoms in total. The van der Waals surface area contributed by atoms with Crippen molar-refractivity contribution < 1.29 is 17.9 Å². The molecule has 1 N–H and O–H groups in total. The van der Waals surface area contributed by atoms with Gasteiger partial charge in [-0.3, -0.25) is 4.79 Å². The molecule has 3 heterocycles. The lowest BCUT2D eigenvalue weighted by molar-refractivity contribution is 0.0716. The Kier molecular flexibility index (Phi) is 3.87. The number of carbonyl (C=O) groups excluding carboxylic acids is 1. The zero-order valence-corrected chi connectivity index (χ0v) is 13.0. The summed E-state index contributed by atoms with van der Waals surface area (Å²) < 4.78 is 30.8. The fourth-order valence-electron chi connectivity index (χ4n) is 3.09. The summed E-state index contributed by atoms with van der Waals surface area (Å²) in [6, 6.07) is 1.58. The summed E-state index contributed by atoms with van der Waals surface area (Å²) >= 11 is 0. The normalized spacial score (nSPS) is 27.9. The molecule has 2 saturated heterocycles. The molecule has 1 amide bonds. The molecule has 0 bridgehead atoms. The Morgan fingerprint density at radius 2 is 2.41 bits per heavy atom. The van der Waals surface area contributed by atoms with E-state index in [9.17, 15) is 13.2 Å². The Hall–Kier alpha value is -1.58. The molecule has 9 heteroatoms. The summed E-state index contributed by atoms with van der Waals surface area (Å²) in [5.74, 6) is -0.0249. The van der Waals surface area contributed by atoms with Crippen LogP contribution in [0.4, 0.5) is 0 Å². The maximum absolute atomic E-state index is 12.5. The van der Waals surface area contributed by atoms with E-state index >= 15 is 0 Å². The van der Waals surface area contributed by atoms with Crippen molar-refractivity contribution in [1.29, 1.82) is 0 Å². The number of sulfonamides is 1. The van der Waals surface area contributed by atoms with Crippen LogP contribution in [0.3, 0.4) is 0 Å². The molecule has 22 heavy (non-hydrogen) atoms. The summed E-state index contributed by atoms with van der Waals surface area (Å²) in [4.78, 5) is 22.0. The smallest absolute Gasteiger partial charge is 0.272 e. The predicted molar refractivity (Wildman–Crippen MR) is 77.5 cm³/mol. The SMILES string of the molecule is CS(=O)(=O)NC[C@]12COC[C@H]1CN(C(=O)c1ccncn1)C2. The van der Waals surface area contributed by atoms with Crippen molar-refractivity contribution >= 4 is 15.9 Å². The van der Waals surface area contributed by atoms with E-state index in [0.29, 0.717) is 32.0 Å². The van der Waals surface area contributed by atoms with Crippen molar-refractivity contribution in [2.24, 2.45) is 11.3 Å². The number of fused-ring (bicyclic) bond motifs is 1. The van der Waals surface area contributed by atoms with Gasteiger partial charge in [0.05, 0.1) is 19.5 Å². The Bertz CT molecular complexity index is 666. The molecule has 2 aliphatic heterocycles. The van der Waals surface area contributed by atoms with Crippen LogP contribution in [0.1, 0.15) is 10.5 Å². The molecule has 0 aliphatic carbocycles. The third-order valence-electron chi connectivity index (χ3n) is 4.30. The van der Waals surface area contributed by atoms with E-state index in [1.807, 2.05) is 0 Å². The highest BCUT2D eigenvalue weighted by atomic mass is 32.2. The van der Waals surface area contributed by atoms with Gasteiger partial charge in [-0.2, -0.15) is 0 Å². The quantitative estimate of drug-likeness (QED) is 0.770. The van der Waals surface area contributed by atoms with Crippen LogP contribution >= 0.6 is 0 Å². The number of nitrogens with zero attached hydrogens (tertiary/aromatic N) is 3. The molecule has 1 aromatic rings. The van der Waals surface area contributed by atoms with Crippen molar-refractivity contribution in [2.45, 2.75) is 0 Å². The first kappa shape index (κ1) is 15.3. The first-order chi connectivity index (χ1) is 10.4. The number of aromatic nitrogens is 2. The van der Waals surface area contributed by atoms with Crippen LogP contribution in [-0.2, 0) is 14.8 Å². The molecule has 2 atom stereocenters. The molecule has 0 aromatic carbocycles. The molecule has 1 aromatic heterocycles. The highest BCUT2D eigenvalue weighted by Crippen LogP contribution is 2.41. The predicted octanol–water partition coefficient (Wildman–Crippen LogP) is -0.886. The van der Waals surface area contributed by atoms with Crippen LogP contribution in [0.15, 0.2) is 18.6 Å². The maximum Gasteiger partial charge on any atom is 0.272 e. The largest absolute Gasteiger partial charge is 0.380 e. The molecular weight excluding hydrogens is 308 g/mol. The van der Waals surface area contributed by atoms with E-state index in [0.717, 1.165) is 6.26 Å². The number of nitrogens with one attached hydrogen (secondary N) is 1. The fourth-order valence-corrected chi connectivity index (χ4v) is 3.64. The van der Waals surface area contributed by atoms with Gasteiger partial charge in [-0.15, -0.1) is 0 Å². The number of rotatable bonds is 4. The van der Waals surface area contributed by atoms with E-state index in [2.05, 4.69) is 14.7 Å². The second-order valence-electron chi connectivity index (χ2n) is 5.95. The van der Waals surface area contributed by atoms with Gasteiger partial charge in [0, 0.05) is 37.2 Å². The second kappa shape index (κ2) is 5.56. The number of amides is 1. The molecule has 2 fully saturated rings. The van der Waals surface area contributed by atoms with E-state index in [1.54, 1.807) is 11.0 Å². The molecule has 3 rings (SSSR count). The van der Waals surface area contributed by atoms with Gasteiger partial charge in [0.25, 0.3) is 5.91 Å². The van der Waals surface area contributed by atoms with Gasteiger partial charge in [-0.05, 0) is 6.07 Å². The zero-order chi connectivity index (χ0) is 15.8. The fraction of sp³-hybridized carbons (Fsp3) is 0.615. The summed E-state index contributed by atoms with van der Waals surface area (Å²) in [6.45, 7) is 2.29. The van der Waals surface area contributed by atoms with Gasteiger partial charge < -0.3 is 9.64 Å². The van der Waals surface area contributed by atoms with Gasteiger partial charge in [-0.1, -0.05) is 0 Å². The number of hydrogen-bond acceptors (Lipinski definition) is 6. The third kappa shape index (κ3) is 2.96. The van der Waals surface area contributed by atoms with Crippen molar-refractivity contribution in [1.82, 2.24) is 19.6 Å². The van der Waals surface area contributed by atoms with Gasteiger partial charge in [0.2, 0.25) is 10.0 Å². The van der Waals surface area contributed by atoms with Crippen LogP contribution in [0.2, 0.25) is 0 Å². The average Bonchev–Trinajstić information content (AvgIpc) is 3.02. The second-order valence-corrected chi connectivity index (χ2v) is 7.78. The van der Waals surface area contributed by atoms with Crippen LogP contribution < -0.4 is 4.72 Å².